The van der Waals surface area contributed by atoms with Crippen LogP contribution in [0.3, 0.4) is 0 Å². The van der Waals surface area contributed by atoms with E-state index in [1.165, 1.54) is 17.4 Å². The molecule has 1 unspecified atom stereocenters. The van der Waals surface area contributed by atoms with Crippen LogP contribution in [0.25, 0.3) is 0 Å². The quantitative estimate of drug-likeness (QED) is 0.801. The summed E-state index contributed by atoms with van der Waals surface area (Å²) in [6, 6.07) is 8.24. The number of hydrogen-bond acceptors (Lipinski definition) is 2. The highest BCUT2D eigenvalue weighted by atomic mass is 35.5. The van der Waals surface area contributed by atoms with Crippen LogP contribution in [0.15, 0.2) is 30.3 Å². The molecule has 2 rings (SSSR count). The van der Waals surface area contributed by atoms with Gasteiger partial charge in [-0.25, -0.2) is 4.39 Å². The number of anilines is 1. The molecule has 0 aliphatic carbocycles. The zero-order chi connectivity index (χ0) is 12.4. The second-order valence-electron chi connectivity index (χ2n) is 3.63. The third kappa shape index (κ3) is 2.92. The molecule has 90 valence electrons. The molecular formula is C12H10Cl2FNS. The van der Waals surface area contributed by atoms with Crippen LogP contribution in [-0.2, 0) is 0 Å². The van der Waals surface area contributed by atoms with E-state index in [1.807, 2.05) is 6.92 Å². The molecule has 0 aliphatic rings. The monoisotopic (exact) mass is 289 g/mol. The Morgan fingerprint density at radius 3 is 2.59 bits per heavy atom. The Labute approximate surface area is 113 Å². The number of halogens is 3. The van der Waals surface area contributed by atoms with Gasteiger partial charge in [0.2, 0.25) is 0 Å². The summed E-state index contributed by atoms with van der Waals surface area (Å²) in [6.45, 7) is 1.91. The Kier molecular flexibility index (Phi) is 3.92. The molecule has 0 saturated heterocycles. The van der Waals surface area contributed by atoms with E-state index >= 15 is 0 Å². The van der Waals surface area contributed by atoms with Crippen molar-refractivity contribution in [3.05, 3.63) is 50.4 Å². The van der Waals surface area contributed by atoms with Crippen LogP contribution in [-0.4, -0.2) is 0 Å². The third-order valence-electron chi connectivity index (χ3n) is 2.40. The van der Waals surface area contributed by atoms with Crippen LogP contribution in [0.4, 0.5) is 10.1 Å². The van der Waals surface area contributed by atoms with Gasteiger partial charge < -0.3 is 5.32 Å². The number of para-hydroxylation sites is 1. The average molecular weight is 290 g/mol. The molecule has 1 aromatic heterocycles. The highest BCUT2D eigenvalue weighted by Gasteiger charge is 2.14. The van der Waals surface area contributed by atoms with Gasteiger partial charge in [0, 0.05) is 5.56 Å². The van der Waals surface area contributed by atoms with Gasteiger partial charge in [0.15, 0.2) is 0 Å². The van der Waals surface area contributed by atoms with Gasteiger partial charge >= 0.3 is 0 Å². The molecule has 1 nitrogen and oxygen atoms in total. The smallest absolute Gasteiger partial charge is 0.146 e. The zero-order valence-corrected chi connectivity index (χ0v) is 11.3. The van der Waals surface area contributed by atoms with Crippen molar-refractivity contribution in [2.75, 3.05) is 5.32 Å². The normalized spacial score (nSPS) is 12.5. The summed E-state index contributed by atoms with van der Waals surface area (Å²) >= 11 is 13.2. The molecule has 0 spiro atoms. The van der Waals surface area contributed by atoms with Gasteiger partial charge in [-0.3, -0.25) is 0 Å². The Balaban J connectivity index is 2.20. The maximum absolute atomic E-state index is 13.5. The molecule has 2 aromatic rings. The van der Waals surface area contributed by atoms with Gasteiger partial charge in [0.1, 0.15) is 5.82 Å². The van der Waals surface area contributed by atoms with Crippen molar-refractivity contribution in [1.82, 2.24) is 0 Å². The van der Waals surface area contributed by atoms with Crippen molar-refractivity contribution in [2.45, 2.75) is 13.0 Å². The van der Waals surface area contributed by atoms with Crippen molar-refractivity contribution in [1.29, 1.82) is 0 Å². The molecule has 1 aromatic carbocycles. The van der Waals surface area contributed by atoms with Crippen molar-refractivity contribution in [2.24, 2.45) is 0 Å². The first-order valence-electron chi connectivity index (χ1n) is 5.03. The Hall–Kier alpha value is -0.770. The Bertz CT molecular complexity index is 527. The van der Waals surface area contributed by atoms with Crippen molar-refractivity contribution in [3.63, 3.8) is 0 Å². The maximum Gasteiger partial charge on any atom is 0.146 e. The number of hydrogen-bond donors (Lipinski definition) is 1. The van der Waals surface area contributed by atoms with Crippen molar-refractivity contribution >= 4 is 40.2 Å². The van der Waals surface area contributed by atoms with Crippen LogP contribution < -0.4 is 5.32 Å². The zero-order valence-electron chi connectivity index (χ0n) is 9.01. The first-order chi connectivity index (χ1) is 8.08. The first kappa shape index (κ1) is 12.7. The van der Waals surface area contributed by atoms with E-state index in [4.69, 9.17) is 23.2 Å². The molecule has 17 heavy (non-hydrogen) atoms. The molecule has 0 saturated carbocycles. The number of benzene rings is 1. The fraction of sp³-hybridized carbons (Fsp3) is 0.167. The second-order valence-corrected chi connectivity index (χ2v) is 5.91. The van der Waals surface area contributed by atoms with E-state index in [-0.39, 0.29) is 11.9 Å². The average Bonchev–Trinajstić information content (AvgIpc) is 2.61. The van der Waals surface area contributed by atoms with Gasteiger partial charge in [-0.15, -0.1) is 11.3 Å². The molecule has 0 amide bonds. The van der Waals surface area contributed by atoms with E-state index in [2.05, 4.69) is 5.32 Å². The molecule has 0 aliphatic heterocycles. The van der Waals surface area contributed by atoms with E-state index in [0.29, 0.717) is 14.4 Å². The molecule has 5 heteroatoms. The van der Waals surface area contributed by atoms with Gasteiger partial charge in [-0.05, 0) is 25.1 Å². The lowest BCUT2D eigenvalue weighted by atomic mass is 10.1. The van der Waals surface area contributed by atoms with Gasteiger partial charge in [0.05, 0.1) is 20.4 Å². The predicted molar refractivity (Wildman–Crippen MR) is 72.8 cm³/mol. The standard InChI is InChI=1S/C12H10Cl2FNS/c1-7(8-6-11(13)17-12(8)14)16-10-5-3-2-4-9(10)15/h2-7,16H,1H3. The number of nitrogens with one attached hydrogen (secondary N) is 1. The lowest BCUT2D eigenvalue weighted by molar-refractivity contribution is 0.627. The van der Waals surface area contributed by atoms with Gasteiger partial charge in [-0.2, -0.15) is 0 Å². The van der Waals surface area contributed by atoms with Crippen LogP contribution in [0.5, 0.6) is 0 Å². The minimum absolute atomic E-state index is 0.0943. The van der Waals surface area contributed by atoms with E-state index in [0.717, 1.165) is 5.56 Å². The van der Waals surface area contributed by atoms with Crippen LogP contribution in [0.2, 0.25) is 8.67 Å². The number of thiophene rings is 1. The summed E-state index contributed by atoms with van der Waals surface area (Å²) < 4.78 is 14.7. The minimum Gasteiger partial charge on any atom is -0.376 e. The van der Waals surface area contributed by atoms with Crippen molar-refractivity contribution < 1.29 is 4.39 Å². The van der Waals surface area contributed by atoms with E-state index < -0.39 is 0 Å². The lowest BCUT2D eigenvalue weighted by Gasteiger charge is -2.15. The minimum atomic E-state index is -0.281. The summed E-state index contributed by atoms with van der Waals surface area (Å²) in [5.41, 5.74) is 1.34. The molecule has 1 atom stereocenters. The molecule has 1 N–H and O–H groups in total. The summed E-state index contributed by atoms with van der Waals surface area (Å²) in [6.07, 6.45) is 0. The maximum atomic E-state index is 13.5. The molecule has 0 fully saturated rings. The highest BCUT2D eigenvalue weighted by Crippen LogP contribution is 2.36. The summed E-state index contributed by atoms with van der Waals surface area (Å²) in [4.78, 5) is 0. The highest BCUT2D eigenvalue weighted by molar-refractivity contribution is 7.20. The Morgan fingerprint density at radius 2 is 2.00 bits per heavy atom. The summed E-state index contributed by atoms with van der Waals surface area (Å²) in [5, 5.41) is 3.07. The second kappa shape index (κ2) is 5.25. The molecule has 1 heterocycles. The van der Waals surface area contributed by atoms with E-state index in [1.54, 1.807) is 24.3 Å². The largest absolute Gasteiger partial charge is 0.376 e. The fourth-order valence-electron chi connectivity index (χ4n) is 1.54. The predicted octanol–water partition coefficient (Wildman–Crippen LogP) is 5.37. The van der Waals surface area contributed by atoms with Crippen LogP contribution in [0, 0.1) is 5.82 Å². The SMILES string of the molecule is CC(Nc1ccccc1F)c1cc(Cl)sc1Cl. The Morgan fingerprint density at radius 1 is 1.29 bits per heavy atom. The van der Waals surface area contributed by atoms with Crippen LogP contribution in [0.1, 0.15) is 18.5 Å². The number of rotatable bonds is 3. The summed E-state index contributed by atoms with van der Waals surface area (Å²) in [5.74, 6) is -0.281. The molecule has 0 radical (unpaired) electrons. The van der Waals surface area contributed by atoms with E-state index in [9.17, 15) is 4.39 Å². The topological polar surface area (TPSA) is 12.0 Å². The van der Waals surface area contributed by atoms with Gasteiger partial charge in [0.25, 0.3) is 0 Å². The lowest BCUT2D eigenvalue weighted by Crippen LogP contribution is -2.07. The van der Waals surface area contributed by atoms with Crippen LogP contribution >= 0.6 is 34.5 Å². The molecule has 0 bridgehead atoms. The summed E-state index contributed by atoms with van der Waals surface area (Å²) in [7, 11) is 0. The third-order valence-corrected chi connectivity index (χ3v) is 3.91. The van der Waals surface area contributed by atoms with Crippen molar-refractivity contribution in [3.8, 4) is 0 Å². The van der Waals surface area contributed by atoms with Gasteiger partial charge in [-0.1, -0.05) is 35.3 Å². The fourth-order valence-corrected chi connectivity index (χ4v) is 3.18. The first-order valence-corrected chi connectivity index (χ1v) is 6.61. The molecular weight excluding hydrogens is 280 g/mol.